The van der Waals surface area contributed by atoms with Crippen molar-refractivity contribution < 1.29 is 13.5 Å². The first-order valence-corrected chi connectivity index (χ1v) is 8.78. The zero-order valence-corrected chi connectivity index (χ0v) is 13.8. The Labute approximate surface area is 130 Å². The smallest absolute Gasteiger partial charge is 0.244 e. The summed E-state index contributed by atoms with van der Waals surface area (Å²) in [5.74, 6) is 0. The van der Waals surface area contributed by atoms with E-state index in [1.54, 1.807) is 13.0 Å². The molecule has 3 N–H and O–H groups in total. The van der Waals surface area contributed by atoms with Crippen molar-refractivity contribution in [1.82, 2.24) is 4.31 Å². The summed E-state index contributed by atoms with van der Waals surface area (Å²) in [5, 5.41) is 10.2. The highest BCUT2D eigenvalue weighted by Gasteiger charge is 2.35. The molecule has 2 rings (SSSR count). The molecule has 0 aromatic heterocycles. The van der Waals surface area contributed by atoms with Crippen molar-refractivity contribution in [3.8, 4) is 0 Å². The van der Waals surface area contributed by atoms with E-state index in [2.05, 4.69) is 0 Å². The van der Waals surface area contributed by atoms with Gasteiger partial charge in [0.25, 0.3) is 0 Å². The summed E-state index contributed by atoms with van der Waals surface area (Å²) in [5.41, 5.74) is 6.92. The SMILES string of the molecule is Cc1cc(Cl)c(S(=O)(=O)N(C)C2CCCCC2O)cc1N. The normalized spacial score (nSPS) is 23.5. The lowest BCUT2D eigenvalue weighted by molar-refractivity contribution is 0.0638. The van der Waals surface area contributed by atoms with Crippen LogP contribution in [0.5, 0.6) is 0 Å². The number of aryl methyl sites for hydroxylation is 1. The quantitative estimate of drug-likeness (QED) is 0.831. The van der Waals surface area contributed by atoms with Crippen molar-refractivity contribution in [3.05, 3.63) is 22.7 Å². The zero-order chi connectivity index (χ0) is 15.8. The number of nitrogens with zero attached hydrogens (tertiary/aromatic N) is 1. The predicted molar refractivity (Wildman–Crippen MR) is 83.8 cm³/mol. The Kier molecular flexibility index (Phi) is 4.82. The van der Waals surface area contributed by atoms with E-state index in [1.807, 2.05) is 0 Å². The molecule has 118 valence electrons. The summed E-state index contributed by atoms with van der Waals surface area (Å²) in [6.45, 7) is 1.77. The van der Waals surface area contributed by atoms with Gasteiger partial charge in [-0.3, -0.25) is 0 Å². The number of nitrogen functional groups attached to an aromatic ring is 1. The third kappa shape index (κ3) is 3.18. The summed E-state index contributed by atoms with van der Waals surface area (Å²) in [6.07, 6.45) is 2.46. The van der Waals surface area contributed by atoms with Crippen LogP contribution in [0.4, 0.5) is 5.69 Å². The minimum absolute atomic E-state index is 0.00691. The van der Waals surface area contributed by atoms with Crippen LogP contribution >= 0.6 is 11.6 Å². The molecule has 7 heteroatoms. The van der Waals surface area contributed by atoms with E-state index in [9.17, 15) is 13.5 Å². The molecule has 0 amide bonds. The van der Waals surface area contributed by atoms with Crippen LogP contribution in [0, 0.1) is 6.92 Å². The van der Waals surface area contributed by atoms with Gasteiger partial charge in [0.15, 0.2) is 0 Å². The lowest BCUT2D eigenvalue weighted by Gasteiger charge is -2.34. The van der Waals surface area contributed by atoms with Gasteiger partial charge in [-0.1, -0.05) is 24.4 Å². The van der Waals surface area contributed by atoms with E-state index in [-0.39, 0.29) is 9.92 Å². The van der Waals surface area contributed by atoms with Gasteiger partial charge in [-0.2, -0.15) is 4.31 Å². The van der Waals surface area contributed by atoms with Gasteiger partial charge in [-0.05, 0) is 37.5 Å². The third-order valence-electron chi connectivity index (χ3n) is 4.14. The molecule has 1 aliphatic rings. The molecule has 1 aromatic rings. The van der Waals surface area contributed by atoms with Crippen molar-refractivity contribution in [3.63, 3.8) is 0 Å². The van der Waals surface area contributed by atoms with Crippen molar-refractivity contribution >= 4 is 27.3 Å². The number of rotatable bonds is 3. The second kappa shape index (κ2) is 6.12. The van der Waals surface area contributed by atoms with Gasteiger partial charge in [-0.15, -0.1) is 0 Å². The van der Waals surface area contributed by atoms with Crippen LogP contribution < -0.4 is 5.73 Å². The van der Waals surface area contributed by atoms with Gasteiger partial charge in [-0.25, -0.2) is 8.42 Å². The average Bonchev–Trinajstić information content (AvgIpc) is 2.42. The number of likely N-dealkylation sites (N-methyl/N-ethyl adjacent to an activating group) is 1. The van der Waals surface area contributed by atoms with Crippen molar-refractivity contribution in [2.45, 2.75) is 49.6 Å². The summed E-state index contributed by atoms with van der Waals surface area (Å²) >= 11 is 6.08. The Hall–Kier alpha value is -0.820. The highest BCUT2D eigenvalue weighted by molar-refractivity contribution is 7.89. The molecule has 5 nitrogen and oxygen atoms in total. The summed E-state index contributed by atoms with van der Waals surface area (Å²) < 4.78 is 26.7. The van der Waals surface area contributed by atoms with Crippen LogP contribution in [-0.4, -0.2) is 37.0 Å². The molecule has 0 saturated heterocycles. The summed E-state index contributed by atoms with van der Waals surface area (Å²) in [4.78, 5) is -0.00691. The molecular formula is C14H21ClN2O3S. The first-order valence-electron chi connectivity index (χ1n) is 6.97. The maximum atomic E-state index is 12.7. The number of sulfonamides is 1. The second-order valence-electron chi connectivity index (χ2n) is 5.58. The fraction of sp³-hybridized carbons (Fsp3) is 0.571. The number of aliphatic hydroxyl groups is 1. The monoisotopic (exact) mass is 332 g/mol. The Morgan fingerprint density at radius 3 is 2.57 bits per heavy atom. The molecule has 21 heavy (non-hydrogen) atoms. The number of halogens is 1. The van der Waals surface area contributed by atoms with Gasteiger partial charge >= 0.3 is 0 Å². The van der Waals surface area contributed by atoms with Crippen LogP contribution in [0.3, 0.4) is 0 Å². The van der Waals surface area contributed by atoms with Crippen LogP contribution in [0.25, 0.3) is 0 Å². The molecule has 0 bridgehead atoms. The lowest BCUT2D eigenvalue weighted by Crippen LogP contribution is -2.46. The number of hydrogen-bond acceptors (Lipinski definition) is 4. The Morgan fingerprint density at radius 1 is 1.33 bits per heavy atom. The molecule has 1 aromatic carbocycles. The molecule has 0 radical (unpaired) electrons. The van der Waals surface area contributed by atoms with Crippen LogP contribution in [-0.2, 0) is 10.0 Å². The highest BCUT2D eigenvalue weighted by Crippen LogP contribution is 2.32. The summed E-state index contributed by atoms with van der Waals surface area (Å²) in [6, 6.07) is 2.52. The summed E-state index contributed by atoms with van der Waals surface area (Å²) in [7, 11) is -2.29. The second-order valence-corrected chi connectivity index (χ2v) is 7.95. The van der Waals surface area contributed by atoms with Crippen LogP contribution in [0.15, 0.2) is 17.0 Å². The number of nitrogens with two attached hydrogens (primary N) is 1. The maximum absolute atomic E-state index is 12.7. The van der Waals surface area contributed by atoms with E-state index in [1.165, 1.54) is 17.4 Å². The highest BCUT2D eigenvalue weighted by atomic mass is 35.5. The van der Waals surface area contributed by atoms with E-state index >= 15 is 0 Å². The van der Waals surface area contributed by atoms with Crippen molar-refractivity contribution in [2.75, 3.05) is 12.8 Å². The first-order chi connectivity index (χ1) is 9.75. The molecule has 2 atom stereocenters. The minimum atomic E-state index is -3.78. The topological polar surface area (TPSA) is 83.6 Å². The van der Waals surface area contributed by atoms with Gasteiger partial charge in [0.1, 0.15) is 4.90 Å². The first kappa shape index (κ1) is 16.5. The van der Waals surface area contributed by atoms with E-state index < -0.39 is 22.2 Å². The molecule has 1 saturated carbocycles. The average molecular weight is 333 g/mol. The van der Waals surface area contributed by atoms with Crippen LogP contribution in [0.1, 0.15) is 31.2 Å². The van der Waals surface area contributed by atoms with Gasteiger partial charge in [0.05, 0.1) is 17.2 Å². The Balaban J connectivity index is 2.39. The molecule has 0 heterocycles. The number of benzene rings is 1. The van der Waals surface area contributed by atoms with Gasteiger partial charge < -0.3 is 10.8 Å². The number of aliphatic hydroxyl groups excluding tert-OH is 1. The molecular weight excluding hydrogens is 312 g/mol. The van der Waals surface area contributed by atoms with Crippen LogP contribution in [0.2, 0.25) is 5.02 Å². The van der Waals surface area contributed by atoms with Gasteiger partial charge in [0, 0.05) is 12.7 Å². The largest absolute Gasteiger partial charge is 0.398 e. The van der Waals surface area contributed by atoms with Gasteiger partial charge in [0.2, 0.25) is 10.0 Å². The fourth-order valence-corrected chi connectivity index (χ4v) is 4.72. The number of anilines is 1. The Morgan fingerprint density at radius 2 is 1.95 bits per heavy atom. The predicted octanol–water partition coefficient (Wildman–Crippen LogP) is 2.15. The van der Waals surface area contributed by atoms with Crippen molar-refractivity contribution in [2.24, 2.45) is 0 Å². The van der Waals surface area contributed by atoms with E-state index in [0.717, 1.165) is 18.4 Å². The standard InChI is InChI=1S/C14H21ClN2O3S/c1-9-7-10(15)14(8-11(9)16)21(19,20)17(2)12-5-3-4-6-13(12)18/h7-8,12-13,18H,3-6,16H2,1-2H3. The Bertz CT molecular complexity index is 633. The zero-order valence-electron chi connectivity index (χ0n) is 12.2. The van der Waals surface area contributed by atoms with E-state index in [4.69, 9.17) is 17.3 Å². The molecule has 1 aliphatic carbocycles. The molecule has 0 aliphatic heterocycles. The fourth-order valence-electron chi connectivity index (χ4n) is 2.72. The number of hydrogen-bond donors (Lipinski definition) is 2. The maximum Gasteiger partial charge on any atom is 0.244 e. The van der Waals surface area contributed by atoms with Crippen molar-refractivity contribution in [1.29, 1.82) is 0 Å². The molecule has 1 fully saturated rings. The molecule has 0 spiro atoms. The van der Waals surface area contributed by atoms with E-state index in [0.29, 0.717) is 18.5 Å². The molecule has 2 unspecified atom stereocenters. The third-order valence-corrected chi connectivity index (χ3v) is 6.49. The minimum Gasteiger partial charge on any atom is -0.398 e. The lowest BCUT2D eigenvalue weighted by atomic mass is 9.93.